The molecule has 0 radical (unpaired) electrons. The van der Waals surface area contributed by atoms with E-state index in [1.54, 1.807) is 11.3 Å². The van der Waals surface area contributed by atoms with Gasteiger partial charge in [0.2, 0.25) is 0 Å². The molecule has 0 unspecified atom stereocenters. The van der Waals surface area contributed by atoms with E-state index in [4.69, 9.17) is 5.73 Å². The number of hydrogen-bond acceptors (Lipinski definition) is 3. The van der Waals surface area contributed by atoms with Crippen LogP contribution in [0.1, 0.15) is 4.88 Å². The molecule has 0 aliphatic carbocycles. The smallest absolute Gasteiger partial charge is 0.0645 e. The summed E-state index contributed by atoms with van der Waals surface area (Å²) in [5, 5.41) is 4.39. The van der Waals surface area contributed by atoms with E-state index in [2.05, 4.69) is 17.2 Å². The monoisotopic (exact) mass is 255 g/mol. The van der Waals surface area contributed by atoms with Crippen LogP contribution >= 0.6 is 11.3 Å². The van der Waals surface area contributed by atoms with Crippen molar-refractivity contribution in [2.75, 3.05) is 0 Å². The summed E-state index contributed by atoms with van der Waals surface area (Å²) in [7, 11) is 0. The van der Waals surface area contributed by atoms with Crippen LogP contribution in [-0.2, 0) is 6.54 Å². The van der Waals surface area contributed by atoms with Gasteiger partial charge in [-0.1, -0.05) is 18.2 Å². The Labute approximate surface area is 109 Å². The lowest BCUT2D eigenvalue weighted by molar-refractivity contribution is 0.881. The zero-order valence-corrected chi connectivity index (χ0v) is 10.6. The molecular formula is C14H13N3S. The van der Waals surface area contributed by atoms with Crippen LogP contribution in [0, 0.1) is 0 Å². The summed E-state index contributed by atoms with van der Waals surface area (Å²) in [6.07, 6.45) is 3.93. The molecule has 0 bridgehead atoms. The molecule has 0 aliphatic heterocycles. The first-order chi connectivity index (χ1) is 8.86. The van der Waals surface area contributed by atoms with E-state index in [0.29, 0.717) is 6.54 Å². The lowest BCUT2D eigenvalue weighted by atomic mass is 10.3. The van der Waals surface area contributed by atoms with Crippen molar-refractivity contribution in [2.45, 2.75) is 6.54 Å². The van der Waals surface area contributed by atoms with Crippen molar-refractivity contribution in [1.29, 1.82) is 0 Å². The largest absolute Gasteiger partial charge is 0.326 e. The molecule has 2 aromatic heterocycles. The van der Waals surface area contributed by atoms with Crippen LogP contribution in [0.3, 0.4) is 0 Å². The molecule has 18 heavy (non-hydrogen) atoms. The average Bonchev–Trinajstić information content (AvgIpc) is 3.08. The molecule has 3 nitrogen and oxygen atoms in total. The minimum atomic E-state index is 0.595. The minimum Gasteiger partial charge on any atom is -0.326 e. The number of nitrogens with two attached hydrogens (primary N) is 1. The van der Waals surface area contributed by atoms with Gasteiger partial charge >= 0.3 is 0 Å². The molecule has 90 valence electrons. The van der Waals surface area contributed by atoms with Gasteiger partial charge in [0.15, 0.2) is 0 Å². The maximum absolute atomic E-state index is 5.63. The normalized spacial score (nSPS) is 10.7. The zero-order valence-electron chi connectivity index (χ0n) is 9.78. The van der Waals surface area contributed by atoms with Crippen molar-refractivity contribution in [3.63, 3.8) is 0 Å². The van der Waals surface area contributed by atoms with Gasteiger partial charge in [-0.3, -0.25) is 0 Å². The molecule has 0 fully saturated rings. The van der Waals surface area contributed by atoms with Gasteiger partial charge in [0.05, 0.1) is 11.9 Å². The summed E-state index contributed by atoms with van der Waals surface area (Å²) in [6, 6.07) is 14.3. The Kier molecular flexibility index (Phi) is 2.96. The zero-order chi connectivity index (χ0) is 12.4. The first-order valence-electron chi connectivity index (χ1n) is 5.76. The van der Waals surface area contributed by atoms with Crippen LogP contribution < -0.4 is 5.73 Å². The minimum absolute atomic E-state index is 0.595. The molecule has 0 aliphatic rings. The number of rotatable bonds is 3. The highest BCUT2D eigenvalue weighted by Gasteiger charge is 2.05. The molecule has 0 atom stereocenters. The second kappa shape index (κ2) is 4.76. The van der Waals surface area contributed by atoms with Crippen LogP contribution in [0.25, 0.3) is 16.1 Å². The van der Waals surface area contributed by atoms with Gasteiger partial charge < -0.3 is 5.73 Å². The molecule has 2 N–H and O–H groups in total. The van der Waals surface area contributed by atoms with Crippen LogP contribution in [0.5, 0.6) is 0 Å². The standard InChI is InChI=1S/C14H13N3S/c15-8-13-6-7-14(18-13)11-9-16-17(10-11)12-4-2-1-3-5-12/h1-7,9-10H,8,15H2. The Bertz CT molecular complexity index is 640. The predicted octanol–water partition coefficient (Wildman–Crippen LogP) is 3.06. The van der Waals surface area contributed by atoms with E-state index >= 15 is 0 Å². The second-order valence-electron chi connectivity index (χ2n) is 3.98. The van der Waals surface area contributed by atoms with Gasteiger partial charge in [0.25, 0.3) is 0 Å². The molecule has 0 amide bonds. The summed E-state index contributed by atoms with van der Waals surface area (Å²) in [5.74, 6) is 0. The van der Waals surface area contributed by atoms with Crippen molar-refractivity contribution in [3.05, 3.63) is 59.7 Å². The van der Waals surface area contributed by atoms with E-state index in [9.17, 15) is 0 Å². The van der Waals surface area contributed by atoms with Gasteiger partial charge in [0, 0.05) is 28.1 Å². The number of nitrogens with zero attached hydrogens (tertiary/aromatic N) is 2. The van der Waals surface area contributed by atoms with E-state index in [1.165, 1.54) is 9.75 Å². The summed E-state index contributed by atoms with van der Waals surface area (Å²) < 4.78 is 1.89. The predicted molar refractivity (Wildman–Crippen MR) is 74.8 cm³/mol. The van der Waals surface area contributed by atoms with E-state index < -0.39 is 0 Å². The summed E-state index contributed by atoms with van der Waals surface area (Å²) in [6.45, 7) is 0.595. The van der Waals surface area contributed by atoms with E-state index in [-0.39, 0.29) is 0 Å². The summed E-state index contributed by atoms with van der Waals surface area (Å²) in [5.41, 5.74) is 7.82. The Balaban J connectivity index is 1.94. The highest BCUT2D eigenvalue weighted by atomic mass is 32.1. The summed E-state index contributed by atoms with van der Waals surface area (Å²) in [4.78, 5) is 2.40. The van der Waals surface area contributed by atoms with Crippen LogP contribution in [-0.4, -0.2) is 9.78 Å². The molecule has 3 aromatic rings. The fraction of sp³-hybridized carbons (Fsp3) is 0.0714. The number of para-hydroxylation sites is 1. The first kappa shape index (κ1) is 11.2. The van der Waals surface area contributed by atoms with Gasteiger partial charge in [-0.15, -0.1) is 11.3 Å². The van der Waals surface area contributed by atoms with Crippen molar-refractivity contribution in [2.24, 2.45) is 5.73 Å². The SMILES string of the molecule is NCc1ccc(-c2cnn(-c3ccccc3)c2)s1. The molecule has 4 heteroatoms. The van der Waals surface area contributed by atoms with Gasteiger partial charge in [-0.25, -0.2) is 4.68 Å². The Hall–Kier alpha value is -1.91. The van der Waals surface area contributed by atoms with E-state index in [0.717, 1.165) is 11.3 Å². The molecule has 0 saturated heterocycles. The van der Waals surface area contributed by atoms with E-state index in [1.807, 2.05) is 47.4 Å². The third-order valence-corrected chi connectivity index (χ3v) is 3.91. The number of thiophene rings is 1. The lowest BCUT2D eigenvalue weighted by Gasteiger charge is -1.98. The molecule has 0 spiro atoms. The van der Waals surface area contributed by atoms with Crippen molar-refractivity contribution >= 4 is 11.3 Å². The highest BCUT2D eigenvalue weighted by molar-refractivity contribution is 7.15. The van der Waals surface area contributed by atoms with Gasteiger partial charge in [-0.05, 0) is 24.3 Å². The van der Waals surface area contributed by atoms with Crippen molar-refractivity contribution in [1.82, 2.24) is 9.78 Å². The van der Waals surface area contributed by atoms with Crippen molar-refractivity contribution in [3.8, 4) is 16.1 Å². The average molecular weight is 255 g/mol. The Morgan fingerprint density at radius 1 is 1.11 bits per heavy atom. The van der Waals surface area contributed by atoms with Crippen LogP contribution in [0.2, 0.25) is 0 Å². The Morgan fingerprint density at radius 3 is 2.67 bits per heavy atom. The summed E-state index contributed by atoms with van der Waals surface area (Å²) >= 11 is 1.72. The van der Waals surface area contributed by atoms with Crippen molar-refractivity contribution < 1.29 is 0 Å². The Morgan fingerprint density at radius 2 is 1.94 bits per heavy atom. The fourth-order valence-electron chi connectivity index (χ4n) is 1.81. The fourth-order valence-corrected chi connectivity index (χ4v) is 2.68. The number of benzene rings is 1. The van der Waals surface area contributed by atoms with Crippen LogP contribution in [0.4, 0.5) is 0 Å². The third-order valence-electron chi connectivity index (χ3n) is 2.75. The maximum Gasteiger partial charge on any atom is 0.0645 e. The first-order valence-corrected chi connectivity index (χ1v) is 6.58. The number of aromatic nitrogens is 2. The van der Waals surface area contributed by atoms with Crippen LogP contribution in [0.15, 0.2) is 54.9 Å². The van der Waals surface area contributed by atoms with Gasteiger partial charge in [0.1, 0.15) is 0 Å². The maximum atomic E-state index is 5.63. The highest BCUT2D eigenvalue weighted by Crippen LogP contribution is 2.28. The second-order valence-corrected chi connectivity index (χ2v) is 5.15. The molecule has 3 rings (SSSR count). The topological polar surface area (TPSA) is 43.8 Å². The number of hydrogen-bond donors (Lipinski definition) is 1. The molecule has 0 saturated carbocycles. The third kappa shape index (κ3) is 2.08. The molecular weight excluding hydrogens is 242 g/mol. The molecule has 2 heterocycles. The van der Waals surface area contributed by atoms with Gasteiger partial charge in [-0.2, -0.15) is 5.10 Å². The lowest BCUT2D eigenvalue weighted by Crippen LogP contribution is -1.92. The quantitative estimate of drug-likeness (QED) is 0.781. The molecule has 1 aromatic carbocycles.